The Hall–Kier alpha value is -2.53. The summed E-state index contributed by atoms with van der Waals surface area (Å²) >= 11 is 9.53. The molecule has 0 spiro atoms. The number of nitrogens with zero attached hydrogens (tertiary/aromatic N) is 4. The maximum absolute atomic E-state index is 11.4. The van der Waals surface area contributed by atoms with Crippen molar-refractivity contribution in [3.8, 4) is 0 Å². The van der Waals surface area contributed by atoms with Crippen LogP contribution in [0.2, 0.25) is 0 Å². The van der Waals surface area contributed by atoms with Gasteiger partial charge in [-0.1, -0.05) is 0 Å². The number of aromatic nitrogens is 4. The lowest BCUT2D eigenvalue weighted by Gasteiger charge is -2.18. The van der Waals surface area contributed by atoms with Gasteiger partial charge in [0.15, 0.2) is 0 Å². The van der Waals surface area contributed by atoms with Crippen molar-refractivity contribution in [3.05, 3.63) is 37.4 Å². The van der Waals surface area contributed by atoms with Gasteiger partial charge in [-0.05, 0) is 41.5 Å². The average molecular weight is 671 g/mol. The Bertz CT molecular complexity index is 941. The van der Waals surface area contributed by atoms with E-state index in [0.717, 1.165) is 0 Å². The van der Waals surface area contributed by atoms with Crippen LogP contribution in [0.1, 0.15) is 41.5 Å². The lowest BCUT2D eigenvalue weighted by atomic mass is 10.2. The zero-order chi connectivity index (χ0) is 34.5. The molecular formula is C21H38B2Cl2F8N4O5. The summed E-state index contributed by atoms with van der Waals surface area (Å²) in [4.78, 5) is 26.4. The molecular weight excluding hydrogens is 633 g/mol. The summed E-state index contributed by atoms with van der Waals surface area (Å²) in [6.07, 6.45) is 8.84. The first-order valence-corrected chi connectivity index (χ1v) is 12.4. The predicted molar refractivity (Wildman–Crippen MR) is 147 cm³/mol. The molecule has 0 N–H and O–H groups in total. The van der Waals surface area contributed by atoms with Crippen LogP contribution >= 0.6 is 23.2 Å². The summed E-state index contributed by atoms with van der Waals surface area (Å²) in [6.45, 7) is 11.0. The van der Waals surface area contributed by atoms with Gasteiger partial charge in [0.05, 0.1) is 12.4 Å². The van der Waals surface area contributed by atoms with Gasteiger partial charge in [-0.15, -0.1) is 27.8 Å². The minimum atomic E-state index is -6.00. The summed E-state index contributed by atoms with van der Waals surface area (Å²) in [5.74, 6) is 0. The van der Waals surface area contributed by atoms with Crippen molar-refractivity contribution in [1.82, 2.24) is 14.1 Å². The predicted octanol–water partition coefficient (Wildman–Crippen LogP) is 7.21. The standard InChI is InChI=1S/C9H15N2O2.C8H12N2O2.C3H9O.CH2Cl2.2BF4/c1-9(2,3)13-8(12)11-6-5-10(4)7-11;1-8(2,3)12-7(11)10-5-4-9-6-10;1-4(2)3;2-1-3;2*2-1(3,4)5/h5-7H,1-4H3;4-6H,1-3H3;1-3H3;1H2;;/q+1;;+1;;2*-1. The van der Waals surface area contributed by atoms with Crippen molar-refractivity contribution in [2.45, 2.75) is 52.7 Å². The van der Waals surface area contributed by atoms with Crippen LogP contribution in [0.25, 0.3) is 0 Å². The molecule has 0 aromatic carbocycles. The summed E-state index contributed by atoms with van der Waals surface area (Å²) in [7, 11) is -4.40. The molecule has 0 aliphatic heterocycles. The van der Waals surface area contributed by atoms with Crippen molar-refractivity contribution >= 4 is 49.9 Å². The fraction of sp³-hybridized carbons (Fsp3) is 0.619. The number of halogens is 10. The molecule has 0 bridgehead atoms. The van der Waals surface area contributed by atoms with E-state index >= 15 is 0 Å². The smallest absolute Gasteiger partial charge is 0.443 e. The lowest BCUT2D eigenvalue weighted by molar-refractivity contribution is -0.670. The third-order valence-electron chi connectivity index (χ3n) is 2.48. The highest BCUT2D eigenvalue weighted by Gasteiger charge is 2.22. The second-order valence-corrected chi connectivity index (χ2v) is 10.5. The van der Waals surface area contributed by atoms with E-state index in [9.17, 15) is 44.1 Å². The van der Waals surface area contributed by atoms with Crippen molar-refractivity contribution in [2.75, 3.05) is 26.7 Å². The summed E-state index contributed by atoms with van der Waals surface area (Å²) in [5.41, 5.74) is -0.902. The van der Waals surface area contributed by atoms with Crippen LogP contribution in [0, 0.1) is 0 Å². The Labute approximate surface area is 250 Å². The molecule has 9 nitrogen and oxygen atoms in total. The van der Waals surface area contributed by atoms with Gasteiger partial charge >= 0.3 is 26.7 Å². The topological polar surface area (TPSA) is 81.9 Å². The number of hydrogen-bond donors (Lipinski definition) is 0. The highest BCUT2D eigenvalue weighted by molar-refractivity contribution is 6.50. The highest BCUT2D eigenvalue weighted by atomic mass is 35.5. The monoisotopic (exact) mass is 670 g/mol. The van der Waals surface area contributed by atoms with Gasteiger partial charge in [0.2, 0.25) is 0 Å². The number of carbonyl (C=O) groups excluding carboxylic acids is 2. The van der Waals surface area contributed by atoms with Crippen molar-refractivity contribution < 1.29 is 62.5 Å². The fourth-order valence-corrected chi connectivity index (χ4v) is 1.55. The molecule has 248 valence electrons. The van der Waals surface area contributed by atoms with E-state index in [2.05, 4.69) is 9.35 Å². The molecule has 0 aliphatic carbocycles. The zero-order valence-corrected chi connectivity index (χ0v) is 26.4. The molecule has 0 saturated carbocycles. The number of alkyl halides is 2. The number of carbonyl (C=O) groups is 2. The molecule has 2 aromatic heterocycles. The second kappa shape index (κ2) is 22.1. The highest BCUT2D eigenvalue weighted by Crippen LogP contribution is 2.09. The molecule has 2 rings (SSSR count). The minimum absolute atomic E-state index is 0.194. The van der Waals surface area contributed by atoms with E-state index in [0.29, 0.717) is 0 Å². The molecule has 42 heavy (non-hydrogen) atoms. The SMILES string of the molecule is CC(C)(C)OC(=O)n1ccnc1.C[O+](C)C.C[n+]1ccn(C(=O)OC(C)(C)C)c1.ClCCl.F[B-](F)(F)F.F[B-](F)(F)F. The van der Waals surface area contributed by atoms with Crippen molar-refractivity contribution in [2.24, 2.45) is 7.05 Å². The van der Waals surface area contributed by atoms with Gasteiger partial charge in [-0.3, -0.25) is 0 Å². The Morgan fingerprint density at radius 3 is 1.33 bits per heavy atom. The van der Waals surface area contributed by atoms with Crippen molar-refractivity contribution in [3.63, 3.8) is 0 Å². The largest absolute Gasteiger partial charge is 0.673 e. The maximum Gasteiger partial charge on any atom is 0.673 e. The van der Waals surface area contributed by atoms with Gasteiger partial charge in [-0.25, -0.2) is 18.9 Å². The molecule has 0 radical (unpaired) electrons. The van der Waals surface area contributed by atoms with Gasteiger partial charge in [0.1, 0.15) is 51.3 Å². The molecule has 2 heterocycles. The van der Waals surface area contributed by atoms with Gasteiger partial charge in [0, 0.05) is 12.4 Å². The van der Waals surface area contributed by atoms with Crippen molar-refractivity contribution in [1.29, 1.82) is 0 Å². The average Bonchev–Trinajstić information content (AvgIpc) is 3.35. The van der Waals surface area contributed by atoms with E-state index in [1.165, 1.54) is 21.7 Å². The van der Waals surface area contributed by atoms with Crippen LogP contribution in [0.3, 0.4) is 0 Å². The normalized spacial score (nSPS) is 10.9. The van der Waals surface area contributed by atoms with Gasteiger partial charge < -0.3 is 48.4 Å². The summed E-state index contributed by atoms with van der Waals surface area (Å²) in [6, 6.07) is 0. The van der Waals surface area contributed by atoms with Gasteiger partial charge in [-0.2, -0.15) is 4.79 Å². The molecule has 0 atom stereocenters. The van der Waals surface area contributed by atoms with Crippen LogP contribution in [-0.2, 0) is 20.9 Å². The van der Waals surface area contributed by atoms with Crippen LogP contribution in [-0.4, -0.2) is 78.7 Å². The van der Waals surface area contributed by atoms with E-state index in [1.54, 1.807) is 29.5 Å². The summed E-state index contributed by atoms with van der Waals surface area (Å²) in [5, 5.41) is 0.194. The van der Waals surface area contributed by atoms with Crippen LogP contribution < -0.4 is 4.57 Å². The van der Waals surface area contributed by atoms with Crippen LogP contribution in [0.15, 0.2) is 37.4 Å². The van der Waals surface area contributed by atoms with E-state index in [4.69, 9.17) is 32.7 Å². The number of aryl methyl sites for hydroxylation is 1. The molecule has 0 unspecified atom stereocenters. The Balaban J connectivity index is -0.000000227. The van der Waals surface area contributed by atoms with Gasteiger partial charge in [0.25, 0.3) is 6.33 Å². The Kier molecular flexibility index (Phi) is 24.4. The molecule has 0 aliphatic rings. The van der Waals surface area contributed by atoms with E-state index in [-0.39, 0.29) is 11.4 Å². The first-order valence-electron chi connectivity index (χ1n) is 11.4. The number of ether oxygens (including phenoxy) is 2. The molecule has 0 saturated heterocycles. The molecule has 2 aromatic rings. The fourth-order valence-electron chi connectivity index (χ4n) is 1.55. The molecule has 0 amide bonds. The second-order valence-electron chi connectivity index (χ2n) is 9.73. The summed E-state index contributed by atoms with van der Waals surface area (Å²) < 4.78 is 95.3. The minimum Gasteiger partial charge on any atom is -0.443 e. The Morgan fingerprint density at radius 2 is 1.12 bits per heavy atom. The first-order chi connectivity index (χ1) is 18.5. The van der Waals surface area contributed by atoms with Crippen LogP contribution in [0.4, 0.5) is 44.1 Å². The van der Waals surface area contributed by atoms with E-state index in [1.807, 2.05) is 69.9 Å². The maximum atomic E-state index is 11.4. The third kappa shape index (κ3) is 50.3. The van der Waals surface area contributed by atoms with E-state index < -0.39 is 31.8 Å². The molecule has 21 heteroatoms. The van der Waals surface area contributed by atoms with Crippen LogP contribution in [0.5, 0.6) is 0 Å². The Morgan fingerprint density at radius 1 is 0.810 bits per heavy atom. The number of imidazole rings is 2. The first kappa shape index (κ1) is 46.4. The lowest BCUT2D eigenvalue weighted by Crippen LogP contribution is -2.29. The number of hydrogen-bond acceptors (Lipinski definition) is 5. The number of rotatable bonds is 0. The molecule has 0 fully saturated rings. The quantitative estimate of drug-likeness (QED) is 0.0973. The zero-order valence-electron chi connectivity index (χ0n) is 24.9. The third-order valence-corrected chi connectivity index (χ3v) is 2.48.